The van der Waals surface area contributed by atoms with Crippen LogP contribution in [0.15, 0.2) is 183 Å². The summed E-state index contributed by atoms with van der Waals surface area (Å²) in [7, 11) is 1.50. The van der Waals surface area contributed by atoms with Gasteiger partial charge in [0.05, 0.1) is 43.0 Å². The van der Waals surface area contributed by atoms with Gasteiger partial charge in [-0.25, -0.2) is 9.59 Å². The molecule has 0 radical (unpaired) electrons. The fourth-order valence-corrected chi connectivity index (χ4v) is 8.12. The molecule has 4 N–H and O–H groups in total. The van der Waals surface area contributed by atoms with Crippen molar-refractivity contribution in [2.75, 3.05) is 19.4 Å². The molecule has 10 rings (SSSR count). The largest absolute Gasteiger partial charge is 0.478 e. The first-order valence-electron chi connectivity index (χ1n) is 31.8. The van der Waals surface area contributed by atoms with Gasteiger partial charge in [0.1, 0.15) is 5.78 Å². The number of alkyl halides is 3. The van der Waals surface area contributed by atoms with Gasteiger partial charge in [0, 0.05) is 116 Å². The number of nitrogen functional groups attached to an aromatic ring is 1. The lowest BCUT2D eigenvalue weighted by molar-refractivity contribution is -0.385. The number of anilines is 1. The number of carbonyl (C=O) groups is 4. The molecule has 10 aromatic rings. The van der Waals surface area contributed by atoms with Crippen molar-refractivity contribution in [1.82, 2.24) is 35.9 Å². The summed E-state index contributed by atoms with van der Waals surface area (Å²) in [6, 6.07) is 41.0. The predicted molar refractivity (Wildman–Crippen MR) is 372 cm³/mol. The number of halogens is 3. The van der Waals surface area contributed by atoms with E-state index in [-0.39, 0.29) is 65.0 Å². The zero-order chi connectivity index (χ0) is 76.0. The molecule has 0 saturated carbocycles. The number of nitro benzene ring substituents is 4. The second-order valence-corrected chi connectivity index (χ2v) is 21.5. The topological polar surface area (TPSA) is 425 Å². The average molecular weight is 1430 g/mol. The van der Waals surface area contributed by atoms with Crippen LogP contribution in [0.5, 0.6) is 0 Å². The van der Waals surface area contributed by atoms with Gasteiger partial charge in [0.15, 0.2) is 0 Å². The Bertz CT molecular complexity index is 4290. The molecule has 0 atom stereocenters. The second kappa shape index (κ2) is 42.9. The maximum absolute atomic E-state index is 13.1. The third-order valence-corrected chi connectivity index (χ3v) is 13.7. The Kier molecular flexibility index (Phi) is 34.4. The second-order valence-electron chi connectivity index (χ2n) is 21.5. The van der Waals surface area contributed by atoms with E-state index in [1.165, 1.54) is 111 Å². The van der Waals surface area contributed by atoms with Crippen LogP contribution in [0, 0.1) is 47.4 Å². The molecule has 3 heterocycles. The number of carbonyl (C=O) groups excluding carboxylic acids is 3. The fourth-order valence-electron chi connectivity index (χ4n) is 8.12. The maximum Gasteiger partial charge on any atom is 0.416 e. The first-order valence-corrected chi connectivity index (χ1v) is 31.8. The van der Waals surface area contributed by atoms with Crippen molar-refractivity contribution in [3.05, 3.63) is 261 Å². The number of unbranched alkanes of at least 4 members (excludes halogenated alkanes) is 3. The predicted octanol–water partition coefficient (Wildman–Crippen LogP) is 15.9. The molecule has 1 amide bonds. The van der Waals surface area contributed by atoms with Gasteiger partial charge in [-0.05, 0) is 122 Å². The number of aromatic nitrogens is 6. The Labute approximate surface area is 588 Å². The van der Waals surface area contributed by atoms with E-state index in [1.54, 1.807) is 50.2 Å². The number of hydrogen-bond acceptors (Lipinski definition) is 23. The molecule has 32 heteroatoms. The molecule has 542 valence electrons. The highest BCUT2D eigenvalue weighted by Gasteiger charge is 2.33. The van der Waals surface area contributed by atoms with Crippen molar-refractivity contribution in [2.24, 2.45) is 0 Å². The highest BCUT2D eigenvalue weighted by molar-refractivity contribution is 5.94. The smallest absolute Gasteiger partial charge is 0.416 e. The highest BCUT2D eigenvalue weighted by Crippen LogP contribution is 2.33. The van der Waals surface area contributed by atoms with Crippen molar-refractivity contribution in [3.63, 3.8) is 0 Å². The summed E-state index contributed by atoms with van der Waals surface area (Å²) in [5.41, 5.74) is 9.23. The molecule has 29 nitrogen and oxygen atoms in total. The minimum atomic E-state index is -4.47. The van der Waals surface area contributed by atoms with Crippen molar-refractivity contribution in [2.45, 2.75) is 112 Å². The van der Waals surface area contributed by atoms with Gasteiger partial charge in [0.2, 0.25) is 35.3 Å². The zero-order valence-corrected chi connectivity index (χ0v) is 57.1. The summed E-state index contributed by atoms with van der Waals surface area (Å²) in [4.78, 5) is 83.8. The number of benzene rings is 7. The Hall–Kier alpha value is -12.8. The average Bonchev–Trinajstić information content (AvgIpc) is 1.28. The number of amides is 1. The monoisotopic (exact) mass is 1420 g/mol. The first-order chi connectivity index (χ1) is 49.1. The minimum Gasteiger partial charge on any atom is -0.478 e. The molecular formula is C71H75F3N12O17. The lowest BCUT2D eigenvalue weighted by Gasteiger charge is -2.12. The van der Waals surface area contributed by atoms with Gasteiger partial charge in [-0.3, -0.25) is 50.0 Å². The van der Waals surface area contributed by atoms with Crippen LogP contribution in [0.4, 0.5) is 41.6 Å². The van der Waals surface area contributed by atoms with E-state index in [0.717, 1.165) is 73.5 Å². The molecule has 0 saturated heterocycles. The van der Waals surface area contributed by atoms with Crippen molar-refractivity contribution in [1.29, 1.82) is 0 Å². The fraction of sp³-hybridized carbons (Fsp3) is 0.268. The van der Waals surface area contributed by atoms with Crippen LogP contribution in [0.2, 0.25) is 0 Å². The minimum absolute atomic E-state index is 0.00733. The van der Waals surface area contributed by atoms with E-state index in [2.05, 4.69) is 63.6 Å². The molecule has 7 aromatic carbocycles. The van der Waals surface area contributed by atoms with Crippen LogP contribution in [0.25, 0.3) is 34.4 Å². The quantitative estimate of drug-likeness (QED) is 0.0245. The molecule has 0 spiro atoms. The van der Waals surface area contributed by atoms with Gasteiger partial charge >= 0.3 is 18.1 Å². The van der Waals surface area contributed by atoms with Gasteiger partial charge in [-0.1, -0.05) is 83.7 Å². The van der Waals surface area contributed by atoms with E-state index in [9.17, 15) is 72.8 Å². The van der Waals surface area contributed by atoms with Crippen LogP contribution >= 0.6 is 0 Å². The molecule has 0 aliphatic rings. The van der Waals surface area contributed by atoms with Gasteiger partial charge in [0.25, 0.3) is 28.7 Å². The number of aromatic carboxylic acids is 1. The Balaban J connectivity index is 0.000000267. The number of Topliss-reactive ketones (excluding diaryl/α,β-unsaturated/α-hetero) is 1. The number of aryl methyl sites for hydroxylation is 3. The van der Waals surface area contributed by atoms with E-state index < -0.39 is 43.4 Å². The molecule has 3 aromatic heterocycles. The third kappa shape index (κ3) is 28.9. The van der Waals surface area contributed by atoms with Crippen LogP contribution in [0.3, 0.4) is 0 Å². The standard InChI is InChI=1S/C22H21F3N2O2.C12H15N3O.C9H7N3O3.C9H9NO4.C8H8N2O3.C7H5NO4.C4H10/c1-2-3-8-20-26-27-21(29-20)16-11-9-15(10-12-16)13-18(28)14-17-6-4-5-7-19(17)22(23,24)25;1-2-3-4-11-14-15-12(16-11)9-5-7-10(13)8-6-9;1-6-10-11-9(15-6)7-2-4-8(5-3-7)12(13)14;1-2-14-9(11)7-3-5-8(6-4-7)10(12)13;1-9-8(11)6-2-4-7(5-3-6)10(12)13;9-7(10)5-1-3-6(4-2-5)8(11)12;1-3-4-2/h4-7,9-12H,2-3,8,13-14H2,1H3;5-8H,2-4,13H2,1H3;2-5H,1H3;3-6H,2H2,1H3;2-5H,1H3,(H,9,11);1-4H,(H,9,10);3-4H2,1-2H3. The van der Waals surface area contributed by atoms with Crippen LogP contribution in [-0.2, 0) is 41.4 Å². The zero-order valence-electron chi connectivity index (χ0n) is 57.1. The number of nitrogens with one attached hydrogen (secondary N) is 1. The van der Waals surface area contributed by atoms with E-state index in [4.69, 9.17) is 28.8 Å². The molecule has 0 unspecified atom stereocenters. The summed E-state index contributed by atoms with van der Waals surface area (Å²) in [6.07, 6.45) is 3.74. The SMILES string of the molecule is CCCC.CCCCc1nnc(-c2ccc(CC(=O)Cc3ccccc3C(F)(F)F)cc2)o1.CCCCc1nnc(-c2ccc(N)cc2)o1.CCOC(=O)c1ccc([N+](=O)[O-])cc1.CNC(=O)c1ccc([N+](=O)[O-])cc1.Cc1nnc(-c2ccc([N+](=O)[O-])cc2)o1.O=C(O)c1ccc([N+](=O)[O-])cc1. The maximum atomic E-state index is 13.1. The van der Waals surface area contributed by atoms with Crippen molar-refractivity contribution < 1.29 is 75.1 Å². The normalized spacial score (nSPS) is 10.2. The number of hydrogen-bond donors (Lipinski definition) is 3. The number of nitrogens with zero attached hydrogens (tertiary/aromatic N) is 10. The van der Waals surface area contributed by atoms with E-state index >= 15 is 0 Å². The van der Waals surface area contributed by atoms with Crippen molar-refractivity contribution >= 4 is 52.1 Å². The summed E-state index contributed by atoms with van der Waals surface area (Å²) in [6.45, 7) is 12.2. The molecular weight excluding hydrogens is 1350 g/mol. The van der Waals surface area contributed by atoms with E-state index in [1.807, 2.05) is 24.3 Å². The molecule has 0 fully saturated rings. The summed E-state index contributed by atoms with van der Waals surface area (Å²) in [5, 5.41) is 75.5. The molecule has 103 heavy (non-hydrogen) atoms. The number of rotatable bonds is 22. The van der Waals surface area contributed by atoms with Crippen molar-refractivity contribution in [3.8, 4) is 34.4 Å². The summed E-state index contributed by atoms with van der Waals surface area (Å²) in [5.74, 6) is 0.985. The van der Waals surface area contributed by atoms with Crippen LogP contribution in [-0.4, -0.2) is 92.7 Å². The number of carboxylic acid groups (broad SMARTS) is 1. The lowest BCUT2D eigenvalue weighted by atomic mass is 9.98. The van der Waals surface area contributed by atoms with Crippen LogP contribution < -0.4 is 11.1 Å². The lowest BCUT2D eigenvalue weighted by Crippen LogP contribution is -2.17. The Morgan fingerprint density at radius 2 is 0.893 bits per heavy atom. The summed E-state index contributed by atoms with van der Waals surface area (Å²) >= 11 is 0. The number of carboxylic acids is 1. The van der Waals surface area contributed by atoms with E-state index in [0.29, 0.717) is 57.6 Å². The molecule has 0 aliphatic heterocycles. The molecule has 0 bridgehead atoms. The van der Waals surface area contributed by atoms with Gasteiger partial charge in [-0.15, -0.1) is 30.6 Å². The van der Waals surface area contributed by atoms with Gasteiger partial charge < -0.3 is 34.1 Å². The first kappa shape index (κ1) is 82.7. The third-order valence-electron chi connectivity index (χ3n) is 13.7. The Morgan fingerprint density at radius 1 is 0.505 bits per heavy atom. The molecule has 0 aliphatic carbocycles. The van der Waals surface area contributed by atoms with Crippen LogP contribution in [0.1, 0.15) is 139 Å². The highest BCUT2D eigenvalue weighted by atomic mass is 19.4. The number of nitrogens with two attached hydrogens (primary N) is 1. The number of ketones is 1. The number of ether oxygens (including phenoxy) is 1. The number of non-ortho nitro benzene ring substituents is 4. The number of esters is 1. The summed E-state index contributed by atoms with van der Waals surface area (Å²) < 4.78 is 60.3. The van der Waals surface area contributed by atoms with Gasteiger partial charge in [-0.2, -0.15) is 13.2 Å². The number of nitro groups is 4. The Morgan fingerprint density at radius 3 is 1.27 bits per heavy atom.